The summed E-state index contributed by atoms with van der Waals surface area (Å²) in [7, 11) is 0. The fraction of sp³-hybridized carbons (Fsp3) is 0. The first-order valence-corrected chi connectivity index (χ1v) is 0. The minimum atomic E-state index is 0. The van der Waals surface area contributed by atoms with E-state index < -0.39 is 0 Å². The average Bonchev–Trinajstić information content (AvgIpc) is 0. The van der Waals surface area contributed by atoms with E-state index in [-0.39, 0.29) is 72.8 Å². The molecular weight excluding hydrogens is 221 g/mol. The van der Waals surface area contributed by atoms with E-state index in [2.05, 4.69) is 0 Å². The van der Waals surface area contributed by atoms with Crippen LogP contribution in [0, 0.1) is 0 Å². The second-order valence-corrected chi connectivity index (χ2v) is 0. The van der Waals surface area contributed by atoms with Crippen LogP contribution in [-0.4, -0.2) is 24.4 Å². The van der Waals surface area contributed by atoms with Gasteiger partial charge in [0.05, 0.1) is 0 Å². The molecule has 0 unspecified atom stereocenters. The summed E-state index contributed by atoms with van der Waals surface area (Å²) >= 11 is 0. The van der Waals surface area contributed by atoms with Gasteiger partial charge < -0.3 is 18.8 Å². The first kappa shape index (κ1) is 136. The standard InChI is InChI=1S/4FH.Na.Sb/h4*1H;;/q;;;;+1;+3/p-4. The monoisotopic (exact) mass is 220 g/mol. The Hall–Kier alpha value is 1.54. The number of hydrogen-bond donors (Lipinski definition) is 0. The molecule has 0 aliphatic carbocycles. The van der Waals surface area contributed by atoms with E-state index in [0.717, 1.165) is 0 Å². The van der Waals surface area contributed by atoms with Gasteiger partial charge in [-0.25, -0.2) is 0 Å². The number of hydrogen-bond acceptors (Lipinski definition) is 0. The molecule has 34 valence electrons. The van der Waals surface area contributed by atoms with Gasteiger partial charge in [0.25, 0.3) is 0 Å². The molecule has 0 bridgehead atoms. The molecule has 0 aliphatic rings. The van der Waals surface area contributed by atoms with Crippen LogP contribution in [0.3, 0.4) is 0 Å². The van der Waals surface area contributed by atoms with Crippen LogP contribution in [0.5, 0.6) is 0 Å². The predicted molar refractivity (Wildman–Crippen MR) is 5.75 cm³/mol. The molecule has 0 aliphatic heterocycles. The Labute approximate surface area is 72.3 Å². The van der Waals surface area contributed by atoms with Gasteiger partial charge in [-0.05, 0) is 0 Å². The van der Waals surface area contributed by atoms with Crippen molar-refractivity contribution in [3.63, 3.8) is 0 Å². The Morgan fingerprint density at radius 1 is 0.500 bits per heavy atom. The van der Waals surface area contributed by atoms with Gasteiger partial charge in [0.2, 0.25) is 0 Å². The third-order valence-corrected chi connectivity index (χ3v) is 0. The fourth-order valence-corrected chi connectivity index (χ4v) is 0. The van der Waals surface area contributed by atoms with Crippen LogP contribution in [0.15, 0.2) is 0 Å². The maximum absolute atomic E-state index is 0. The van der Waals surface area contributed by atoms with E-state index in [1.165, 1.54) is 0 Å². The largest absolute Gasteiger partial charge is 3.00 e. The molecule has 0 saturated heterocycles. The van der Waals surface area contributed by atoms with Gasteiger partial charge in [-0.2, -0.15) is 0 Å². The Morgan fingerprint density at radius 2 is 0.500 bits per heavy atom. The predicted octanol–water partition coefficient (Wildman–Crippen LogP) is -15.4. The molecule has 0 fully saturated rings. The molecule has 0 saturated carbocycles. The van der Waals surface area contributed by atoms with E-state index in [4.69, 9.17) is 0 Å². The van der Waals surface area contributed by atoms with E-state index in [1.54, 1.807) is 0 Å². The maximum Gasteiger partial charge on any atom is 3.00 e. The van der Waals surface area contributed by atoms with E-state index >= 15 is 0 Å². The van der Waals surface area contributed by atoms with Crippen LogP contribution < -0.4 is 48.4 Å². The van der Waals surface area contributed by atoms with Crippen molar-refractivity contribution in [2.24, 2.45) is 0 Å². The molecule has 0 amide bonds. The van der Waals surface area contributed by atoms with Gasteiger partial charge in [0.1, 0.15) is 0 Å². The molecule has 0 spiro atoms. The van der Waals surface area contributed by atoms with Crippen molar-refractivity contribution in [2.45, 2.75) is 0 Å². The summed E-state index contributed by atoms with van der Waals surface area (Å²) in [6.07, 6.45) is 0. The molecule has 0 nitrogen and oxygen atoms in total. The zero-order valence-corrected chi connectivity index (χ0v) is 7.51. The van der Waals surface area contributed by atoms with Crippen molar-refractivity contribution in [1.29, 1.82) is 0 Å². The van der Waals surface area contributed by atoms with E-state index in [1.807, 2.05) is 0 Å². The molecule has 0 rings (SSSR count). The molecule has 0 atom stereocenters. The minimum Gasteiger partial charge on any atom is -1.00 e. The summed E-state index contributed by atoms with van der Waals surface area (Å²) in [4.78, 5) is 0. The van der Waals surface area contributed by atoms with Crippen molar-refractivity contribution in [3.05, 3.63) is 0 Å². The fourth-order valence-electron chi connectivity index (χ4n) is 0. The molecule has 0 aromatic carbocycles. The van der Waals surface area contributed by atoms with Crippen molar-refractivity contribution >= 4 is 24.4 Å². The van der Waals surface area contributed by atoms with Crippen LogP contribution in [0.2, 0.25) is 0 Å². The van der Waals surface area contributed by atoms with Crippen molar-refractivity contribution < 1.29 is 48.4 Å². The van der Waals surface area contributed by atoms with E-state index in [9.17, 15) is 0 Å². The van der Waals surface area contributed by atoms with Crippen LogP contribution in [0.1, 0.15) is 0 Å². The van der Waals surface area contributed by atoms with Gasteiger partial charge in [0, 0.05) is 0 Å². The first-order chi connectivity index (χ1) is 0. The van der Waals surface area contributed by atoms with Gasteiger partial charge >= 0.3 is 54.0 Å². The quantitative estimate of drug-likeness (QED) is 0.281. The van der Waals surface area contributed by atoms with Crippen LogP contribution >= 0.6 is 0 Å². The Morgan fingerprint density at radius 3 is 0.500 bits per heavy atom. The molecule has 2 radical (unpaired) electrons. The van der Waals surface area contributed by atoms with Crippen LogP contribution in [-0.2, 0) is 0 Å². The number of halogens is 4. The van der Waals surface area contributed by atoms with Crippen LogP contribution in [0.25, 0.3) is 0 Å². The van der Waals surface area contributed by atoms with Crippen LogP contribution in [0.4, 0.5) is 0 Å². The Bertz CT molecular complexity index is 7.51. The van der Waals surface area contributed by atoms with Crippen molar-refractivity contribution in [3.8, 4) is 0 Å². The second-order valence-electron chi connectivity index (χ2n) is 0. The molecule has 0 heterocycles. The maximum atomic E-state index is 0. The smallest absolute Gasteiger partial charge is 1.00 e. The zero-order chi connectivity index (χ0) is 0. The number of rotatable bonds is 0. The summed E-state index contributed by atoms with van der Waals surface area (Å²) < 4.78 is 0. The Kier molecular flexibility index (Phi) is 1920. The molecule has 6 heteroatoms. The summed E-state index contributed by atoms with van der Waals surface area (Å²) in [5.74, 6) is 0. The first-order valence-electron chi connectivity index (χ1n) is 0. The van der Waals surface area contributed by atoms with Crippen molar-refractivity contribution in [1.82, 2.24) is 0 Å². The summed E-state index contributed by atoms with van der Waals surface area (Å²) in [5.41, 5.74) is 0. The zero-order valence-electron chi connectivity index (χ0n) is 2.96. The topological polar surface area (TPSA) is 0 Å². The summed E-state index contributed by atoms with van der Waals surface area (Å²) in [6, 6.07) is 0. The third kappa shape index (κ3) is 48.2. The minimum absolute atomic E-state index is 0. The SMILES string of the molecule is [F-].[F-].[F-].[F-].[Na+].[Sb+3]. The van der Waals surface area contributed by atoms with E-state index in [0.29, 0.717) is 0 Å². The molecule has 6 heavy (non-hydrogen) atoms. The molecule has 0 aromatic heterocycles. The van der Waals surface area contributed by atoms with Gasteiger partial charge in [-0.1, -0.05) is 0 Å². The molecule has 0 N–H and O–H groups in total. The van der Waals surface area contributed by atoms with Crippen molar-refractivity contribution in [2.75, 3.05) is 0 Å². The third-order valence-electron chi connectivity index (χ3n) is 0. The summed E-state index contributed by atoms with van der Waals surface area (Å²) in [6.45, 7) is 0. The average molecular weight is 221 g/mol. The second kappa shape index (κ2) is 84.8. The molecule has 0 aromatic rings. The van der Waals surface area contributed by atoms with Gasteiger partial charge in [0.15, 0.2) is 0 Å². The summed E-state index contributed by atoms with van der Waals surface area (Å²) in [5, 5.41) is 0. The normalized spacial score (nSPS) is 0. The Balaban J connectivity index is 0. The van der Waals surface area contributed by atoms with Gasteiger partial charge in [-0.3, -0.25) is 0 Å². The molecular formula is F4NaSb. The van der Waals surface area contributed by atoms with Gasteiger partial charge in [-0.15, -0.1) is 0 Å².